The summed E-state index contributed by atoms with van der Waals surface area (Å²) in [6.07, 6.45) is 0. The molecule has 0 fully saturated rings. The highest BCUT2D eigenvalue weighted by Gasteiger charge is 2.12. The molecule has 2 aromatic rings. The number of nitrogens with zero attached hydrogens (tertiary/aromatic N) is 4. The molecule has 21 heavy (non-hydrogen) atoms. The standard InChI is InChI=1S/C13H17BrN6O/c1-3-20(4-2)12-16-11(19-15)17-13(18-12)21-10-7-5-6-9(14)8-10/h5-8H,3-4,15H2,1-2H3,(H,16,17,18,19). The zero-order valence-corrected chi connectivity index (χ0v) is 13.5. The van der Waals surface area contributed by atoms with Crippen LogP contribution in [0, 0.1) is 0 Å². The number of ether oxygens (including phenoxy) is 1. The number of hydrazine groups is 1. The van der Waals surface area contributed by atoms with Gasteiger partial charge in [0.05, 0.1) is 0 Å². The number of hydrogen-bond donors (Lipinski definition) is 2. The predicted octanol–water partition coefficient (Wildman–Crippen LogP) is 2.56. The van der Waals surface area contributed by atoms with Crippen molar-refractivity contribution in [2.75, 3.05) is 23.4 Å². The second-order valence-electron chi connectivity index (χ2n) is 4.12. The van der Waals surface area contributed by atoms with E-state index < -0.39 is 0 Å². The first-order valence-corrected chi connectivity index (χ1v) is 7.36. The minimum absolute atomic E-state index is 0.193. The van der Waals surface area contributed by atoms with Crippen LogP contribution in [0.2, 0.25) is 0 Å². The van der Waals surface area contributed by atoms with E-state index in [2.05, 4.69) is 36.3 Å². The zero-order chi connectivity index (χ0) is 15.2. The van der Waals surface area contributed by atoms with Crippen LogP contribution in [-0.4, -0.2) is 28.0 Å². The Balaban J connectivity index is 2.32. The van der Waals surface area contributed by atoms with Crippen LogP contribution in [0.3, 0.4) is 0 Å². The molecular weight excluding hydrogens is 336 g/mol. The fourth-order valence-corrected chi connectivity index (χ4v) is 2.12. The number of hydrogen-bond acceptors (Lipinski definition) is 7. The van der Waals surface area contributed by atoms with E-state index in [1.54, 1.807) is 0 Å². The smallest absolute Gasteiger partial charge is 0.328 e. The van der Waals surface area contributed by atoms with E-state index in [-0.39, 0.29) is 12.0 Å². The van der Waals surface area contributed by atoms with Crippen molar-refractivity contribution in [2.45, 2.75) is 13.8 Å². The van der Waals surface area contributed by atoms with Crippen molar-refractivity contribution in [3.05, 3.63) is 28.7 Å². The van der Waals surface area contributed by atoms with E-state index in [0.717, 1.165) is 17.6 Å². The summed E-state index contributed by atoms with van der Waals surface area (Å²) in [7, 11) is 0. The molecule has 0 aliphatic heterocycles. The molecule has 2 rings (SSSR count). The molecule has 7 nitrogen and oxygen atoms in total. The molecule has 3 N–H and O–H groups in total. The second kappa shape index (κ2) is 7.19. The first-order valence-electron chi connectivity index (χ1n) is 6.57. The normalized spacial score (nSPS) is 10.3. The number of nitrogens with two attached hydrogens (primary N) is 1. The summed E-state index contributed by atoms with van der Waals surface area (Å²) < 4.78 is 6.58. The van der Waals surface area contributed by atoms with Crippen LogP contribution in [0.5, 0.6) is 11.8 Å². The molecule has 0 spiro atoms. The van der Waals surface area contributed by atoms with E-state index in [4.69, 9.17) is 10.6 Å². The summed E-state index contributed by atoms with van der Waals surface area (Å²) >= 11 is 3.39. The van der Waals surface area contributed by atoms with Crippen LogP contribution in [0.15, 0.2) is 28.7 Å². The number of anilines is 2. The van der Waals surface area contributed by atoms with Gasteiger partial charge < -0.3 is 9.64 Å². The highest BCUT2D eigenvalue weighted by molar-refractivity contribution is 9.10. The van der Waals surface area contributed by atoms with Gasteiger partial charge in [0.2, 0.25) is 11.9 Å². The molecule has 1 aromatic heterocycles. The van der Waals surface area contributed by atoms with Crippen molar-refractivity contribution >= 4 is 27.8 Å². The molecule has 0 unspecified atom stereocenters. The molecule has 8 heteroatoms. The van der Waals surface area contributed by atoms with Crippen LogP contribution < -0.4 is 20.9 Å². The predicted molar refractivity (Wildman–Crippen MR) is 85.4 cm³/mol. The molecule has 0 aliphatic rings. The van der Waals surface area contributed by atoms with Gasteiger partial charge in [-0.05, 0) is 32.0 Å². The van der Waals surface area contributed by atoms with Crippen molar-refractivity contribution in [3.63, 3.8) is 0 Å². The molecule has 0 bridgehead atoms. The largest absolute Gasteiger partial charge is 0.424 e. The monoisotopic (exact) mass is 352 g/mol. The van der Waals surface area contributed by atoms with Gasteiger partial charge in [-0.15, -0.1) is 0 Å². The van der Waals surface area contributed by atoms with Crippen molar-refractivity contribution < 1.29 is 4.74 Å². The molecule has 0 radical (unpaired) electrons. The lowest BCUT2D eigenvalue weighted by Gasteiger charge is -2.19. The lowest BCUT2D eigenvalue weighted by Crippen LogP contribution is -2.25. The molecule has 1 heterocycles. The SMILES string of the molecule is CCN(CC)c1nc(NN)nc(Oc2cccc(Br)c2)n1. The average Bonchev–Trinajstić information content (AvgIpc) is 2.48. The molecule has 0 atom stereocenters. The lowest BCUT2D eigenvalue weighted by molar-refractivity contribution is 0.439. The summed E-state index contributed by atoms with van der Waals surface area (Å²) in [5.41, 5.74) is 2.43. The quantitative estimate of drug-likeness (QED) is 0.609. The Morgan fingerprint density at radius 3 is 2.62 bits per heavy atom. The fraction of sp³-hybridized carbons (Fsp3) is 0.308. The van der Waals surface area contributed by atoms with Gasteiger partial charge in [0.1, 0.15) is 5.75 Å². The van der Waals surface area contributed by atoms with Crippen molar-refractivity contribution in [1.82, 2.24) is 15.0 Å². The highest BCUT2D eigenvalue weighted by Crippen LogP contribution is 2.23. The van der Waals surface area contributed by atoms with Crippen LogP contribution in [0.4, 0.5) is 11.9 Å². The van der Waals surface area contributed by atoms with Crippen LogP contribution in [0.1, 0.15) is 13.8 Å². The first kappa shape index (κ1) is 15.5. The fourth-order valence-electron chi connectivity index (χ4n) is 1.74. The zero-order valence-electron chi connectivity index (χ0n) is 11.9. The topological polar surface area (TPSA) is 89.2 Å². The van der Waals surface area contributed by atoms with Crippen LogP contribution in [0.25, 0.3) is 0 Å². The average molecular weight is 353 g/mol. The Kier molecular flexibility index (Phi) is 5.29. The highest BCUT2D eigenvalue weighted by atomic mass is 79.9. The van der Waals surface area contributed by atoms with E-state index in [1.165, 1.54) is 0 Å². The third-order valence-corrected chi connectivity index (χ3v) is 3.28. The van der Waals surface area contributed by atoms with Gasteiger partial charge in [-0.25, -0.2) is 5.84 Å². The minimum Gasteiger partial charge on any atom is -0.424 e. The van der Waals surface area contributed by atoms with Gasteiger partial charge in [0.15, 0.2) is 0 Å². The van der Waals surface area contributed by atoms with Crippen LogP contribution >= 0.6 is 15.9 Å². The van der Waals surface area contributed by atoms with Gasteiger partial charge in [0.25, 0.3) is 0 Å². The van der Waals surface area contributed by atoms with E-state index in [9.17, 15) is 0 Å². The molecule has 1 aromatic carbocycles. The maximum atomic E-state index is 5.67. The van der Waals surface area contributed by atoms with Crippen LogP contribution in [-0.2, 0) is 0 Å². The van der Waals surface area contributed by atoms with Crippen molar-refractivity contribution in [3.8, 4) is 11.8 Å². The Bertz CT molecular complexity index is 605. The number of nitrogens with one attached hydrogen (secondary N) is 1. The molecule has 0 aliphatic carbocycles. The summed E-state index contributed by atoms with van der Waals surface area (Å²) in [5.74, 6) is 6.81. The summed E-state index contributed by atoms with van der Waals surface area (Å²) in [5, 5.41) is 0. The molecule has 112 valence electrons. The molecule has 0 saturated heterocycles. The third kappa shape index (κ3) is 4.02. The second-order valence-corrected chi connectivity index (χ2v) is 5.03. The summed E-state index contributed by atoms with van der Waals surface area (Å²) in [4.78, 5) is 14.6. The van der Waals surface area contributed by atoms with Gasteiger partial charge in [-0.1, -0.05) is 22.0 Å². The van der Waals surface area contributed by atoms with E-state index in [0.29, 0.717) is 11.7 Å². The van der Waals surface area contributed by atoms with Gasteiger partial charge in [-0.3, -0.25) is 5.43 Å². The number of halogens is 1. The van der Waals surface area contributed by atoms with Gasteiger partial charge in [-0.2, -0.15) is 15.0 Å². The summed E-state index contributed by atoms with van der Waals surface area (Å²) in [6.45, 7) is 5.61. The Morgan fingerprint density at radius 1 is 1.24 bits per heavy atom. The van der Waals surface area contributed by atoms with E-state index >= 15 is 0 Å². The van der Waals surface area contributed by atoms with Gasteiger partial charge in [0, 0.05) is 17.6 Å². The molecule has 0 saturated carbocycles. The number of benzene rings is 1. The van der Waals surface area contributed by atoms with Crippen molar-refractivity contribution in [1.29, 1.82) is 0 Å². The lowest BCUT2D eigenvalue weighted by atomic mass is 10.3. The number of rotatable bonds is 6. The van der Waals surface area contributed by atoms with Gasteiger partial charge >= 0.3 is 6.01 Å². The molecule has 0 amide bonds. The maximum Gasteiger partial charge on any atom is 0.328 e. The Labute approximate surface area is 131 Å². The molecular formula is C13H17BrN6O. The minimum atomic E-state index is 0.193. The number of nitrogen functional groups attached to an aromatic ring is 1. The summed E-state index contributed by atoms with van der Waals surface area (Å²) in [6, 6.07) is 7.62. The maximum absolute atomic E-state index is 5.67. The Hall–Kier alpha value is -1.93. The first-order chi connectivity index (χ1) is 10.2. The van der Waals surface area contributed by atoms with Crippen molar-refractivity contribution in [2.24, 2.45) is 5.84 Å². The van der Waals surface area contributed by atoms with E-state index in [1.807, 2.05) is 43.0 Å². The third-order valence-electron chi connectivity index (χ3n) is 2.78. The number of aromatic nitrogens is 3. The Morgan fingerprint density at radius 2 is 2.00 bits per heavy atom.